The molecule has 4 rings (SSSR count). The summed E-state index contributed by atoms with van der Waals surface area (Å²) in [6.07, 6.45) is 3.17. The molecule has 2 aromatic heterocycles. The van der Waals surface area contributed by atoms with E-state index in [4.69, 9.17) is 13.7 Å². The maximum atomic E-state index is 12.6. The summed E-state index contributed by atoms with van der Waals surface area (Å²) >= 11 is 0. The highest BCUT2D eigenvalue weighted by molar-refractivity contribution is 5.91. The van der Waals surface area contributed by atoms with Crippen molar-refractivity contribution >= 4 is 5.91 Å². The van der Waals surface area contributed by atoms with Gasteiger partial charge in [-0.3, -0.25) is 4.79 Å². The Balaban J connectivity index is 1.57. The van der Waals surface area contributed by atoms with Crippen molar-refractivity contribution in [1.29, 1.82) is 0 Å². The maximum Gasteiger partial charge on any atom is 0.290 e. The number of ether oxygens (including phenoxy) is 1. The van der Waals surface area contributed by atoms with Crippen molar-refractivity contribution < 1.29 is 18.5 Å². The van der Waals surface area contributed by atoms with Crippen LogP contribution in [0.4, 0.5) is 0 Å². The molecule has 1 aromatic carbocycles. The Morgan fingerprint density at radius 2 is 2.12 bits per heavy atom. The van der Waals surface area contributed by atoms with Crippen LogP contribution in [0.3, 0.4) is 0 Å². The summed E-state index contributed by atoms with van der Waals surface area (Å²) in [7, 11) is 1.62. The van der Waals surface area contributed by atoms with Gasteiger partial charge in [0.15, 0.2) is 5.76 Å². The number of hydrogen-bond acceptors (Lipinski definition) is 6. The lowest BCUT2D eigenvalue weighted by atomic mass is 10.2. The molecule has 7 heteroatoms. The molecule has 1 fully saturated rings. The third-order valence-corrected chi connectivity index (χ3v) is 4.32. The van der Waals surface area contributed by atoms with Crippen LogP contribution in [0.25, 0.3) is 11.4 Å². The summed E-state index contributed by atoms with van der Waals surface area (Å²) in [4.78, 5) is 18.8. The van der Waals surface area contributed by atoms with Crippen molar-refractivity contribution in [2.75, 3.05) is 13.7 Å². The summed E-state index contributed by atoms with van der Waals surface area (Å²) in [5, 5.41) is 4.05. The molecular weight excluding hydrogens is 322 g/mol. The van der Waals surface area contributed by atoms with E-state index in [0.717, 1.165) is 24.2 Å². The minimum absolute atomic E-state index is 0.156. The second-order valence-corrected chi connectivity index (χ2v) is 5.82. The van der Waals surface area contributed by atoms with Crippen molar-refractivity contribution in [3.63, 3.8) is 0 Å². The van der Waals surface area contributed by atoms with Crippen molar-refractivity contribution in [2.45, 2.75) is 18.9 Å². The van der Waals surface area contributed by atoms with Crippen LogP contribution >= 0.6 is 0 Å². The number of carbonyl (C=O) groups excluding carboxylic acids is 1. The topological polar surface area (TPSA) is 81.6 Å². The van der Waals surface area contributed by atoms with Crippen LogP contribution < -0.4 is 4.74 Å². The molecule has 0 spiro atoms. The summed E-state index contributed by atoms with van der Waals surface area (Å²) in [5.41, 5.74) is 0.831. The van der Waals surface area contributed by atoms with E-state index < -0.39 is 0 Å². The number of hydrogen-bond donors (Lipinski definition) is 0. The van der Waals surface area contributed by atoms with E-state index in [1.54, 1.807) is 24.1 Å². The summed E-state index contributed by atoms with van der Waals surface area (Å²) in [5.74, 6) is 1.87. The Morgan fingerprint density at radius 3 is 2.84 bits per heavy atom. The van der Waals surface area contributed by atoms with Crippen LogP contribution in [0.5, 0.6) is 5.75 Å². The zero-order chi connectivity index (χ0) is 17.2. The van der Waals surface area contributed by atoms with Gasteiger partial charge in [-0.1, -0.05) is 5.16 Å². The number of benzene rings is 1. The molecule has 3 aromatic rings. The van der Waals surface area contributed by atoms with Gasteiger partial charge in [-0.15, -0.1) is 0 Å². The van der Waals surface area contributed by atoms with E-state index in [2.05, 4.69) is 10.1 Å². The Bertz CT molecular complexity index is 855. The summed E-state index contributed by atoms with van der Waals surface area (Å²) in [6.45, 7) is 0.643. The highest BCUT2D eigenvalue weighted by atomic mass is 16.5. The lowest BCUT2D eigenvalue weighted by Gasteiger charge is -2.20. The molecule has 1 saturated heterocycles. The number of nitrogens with zero attached hydrogens (tertiary/aromatic N) is 3. The normalized spacial score (nSPS) is 17.0. The molecule has 0 aliphatic carbocycles. The van der Waals surface area contributed by atoms with Gasteiger partial charge in [-0.25, -0.2) is 0 Å². The molecule has 25 heavy (non-hydrogen) atoms. The van der Waals surface area contributed by atoms with Gasteiger partial charge in [0.1, 0.15) is 11.8 Å². The van der Waals surface area contributed by atoms with Gasteiger partial charge in [0.05, 0.1) is 13.4 Å². The fourth-order valence-electron chi connectivity index (χ4n) is 3.04. The minimum Gasteiger partial charge on any atom is -0.497 e. The van der Waals surface area contributed by atoms with E-state index in [1.165, 1.54) is 6.26 Å². The Labute approximate surface area is 144 Å². The molecular formula is C18H17N3O4. The molecule has 128 valence electrons. The van der Waals surface area contributed by atoms with Gasteiger partial charge in [0, 0.05) is 12.1 Å². The molecule has 0 saturated carbocycles. The Hall–Kier alpha value is -3.09. The van der Waals surface area contributed by atoms with Crippen LogP contribution in [0.2, 0.25) is 0 Å². The first-order valence-electron chi connectivity index (χ1n) is 8.09. The molecule has 0 unspecified atom stereocenters. The van der Waals surface area contributed by atoms with Crippen LogP contribution in [0, 0.1) is 0 Å². The van der Waals surface area contributed by atoms with Crippen LogP contribution in [-0.4, -0.2) is 34.6 Å². The molecule has 1 aliphatic heterocycles. The highest BCUT2D eigenvalue weighted by Gasteiger charge is 2.35. The standard InChI is InChI=1S/C18H17N3O4/c1-23-13-8-6-12(7-9-13)16-19-17(25-20-16)14-4-2-10-21(14)18(22)15-5-3-11-24-15/h3,5-9,11,14H,2,4,10H2,1H3/t14-/m1/s1. The van der Waals surface area contributed by atoms with Gasteiger partial charge < -0.3 is 18.6 Å². The van der Waals surface area contributed by atoms with Crippen LogP contribution in [0.1, 0.15) is 35.3 Å². The van der Waals surface area contributed by atoms with Crippen LogP contribution in [0.15, 0.2) is 51.6 Å². The molecule has 0 N–H and O–H groups in total. The van der Waals surface area contributed by atoms with Crippen molar-refractivity contribution in [1.82, 2.24) is 15.0 Å². The van der Waals surface area contributed by atoms with Gasteiger partial charge in [-0.05, 0) is 49.2 Å². The average Bonchev–Trinajstić information content (AvgIpc) is 3.42. The minimum atomic E-state index is -0.225. The quantitative estimate of drug-likeness (QED) is 0.725. The lowest BCUT2D eigenvalue weighted by molar-refractivity contribution is 0.0678. The number of carbonyl (C=O) groups is 1. The third kappa shape index (κ3) is 2.88. The number of furan rings is 1. The Kier molecular flexibility index (Phi) is 3.97. The number of methoxy groups -OCH3 is 1. The molecule has 1 atom stereocenters. The molecule has 0 bridgehead atoms. The number of amides is 1. The second-order valence-electron chi connectivity index (χ2n) is 5.82. The van der Waals surface area contributed by atoms with Gasteiger partial charge in [-0.2, -0.15) is 4.98 Å². The predicted molar refractivity (Wildman–Crippen MR) is 88.0 cm³/mol. The largest absolute Gasteiger partial charge is 0.497 e. The summed E-state index contributed by atoms with van der Waals surface area (Å²) in [6, 6.07) is 10.6. The highest BCUT2D eigenvalue weighted by Crippen LogP contribution is 2.33. The van der Waals surface area contributed by atoms with E-state index in [-0.39, 0.29) is 11.9 Å². The third-order valence-electron chi connectivity index (χ3n) is 4.32. The SMILES string of the molecule is COc1ccc(-c2noc([C@H]3CCCN3C(=O)c3ccco3)n2)cc1. The predicted octanol–water partition coefficient (Wildman–Crippen LogP) is 3.32. The van der Waals surface area contributed by atoms with Crippen LogP contribution in [-0.2, 0) is 0 Å². The molecule has 7 nitrogen and oxygen atoms in total. The van der Waals surface area contributed by atoms with Gasteiger partial charge >= 0.3 is 0 Å². The molecule has 1 aliphatic rings. The Morgan fingerprint density at radius 1 is 1.28 bits per heavy atom. The molecule has 3 heterocycles. The van der Waals surface area contributed by atoms with E-state index in [9.17, 15) is 4.79 Å². The number of likely N-dealkylation sites (tertiary alicyclic amines) is 1. The average molecular weight is 339 g/mol. The van der Waals surface area contributed by atoms with Crippen molar-refractivity contribution in [3.8, 4) is 17.1 Å². The van der Waals surface area contributed by atoms with Crippen molar-refractivity contribution in [2.24, 2.45) is 0 Å². The van der Waals surface area contributed by atoms with E-state index in [0.29, 0.717) is 24.0 Å². The maximum absolute atomic E-state index is 12.6. The number of aromatic nitrogens is 2. The zero-order valence-electron chi connectivity index (χ0n) is 13.7. The first kappa shape index (κ1) is 15.4. The first-order valence-corrected chi connectivity index (χ1v) is 8.09. The van der Waals surface area contributed by atoms with E-state index in [1.807, 2.05) is 24.3 Å². The fourth-order valence-corrected chi connectivity index (χ4v) is 3.04. The fraction of sp³-hybridized carbons (Fsp3) is 0.278. The zero-order valence-corrected chi connectivity index (χ0v) is 13.7. The lowest BCUT2D eigenvalue weighted by Crippen LogP contribution is -2.30. The second kappa shape index (κ2) is 6.43. The van der Waals surface area contributed by atoms with Crippen molar-refractivity contribution in [3.05, 3.63) is 54.3 Å². The van der Waals surface area contributed by atoms with E-state index >= 15 is 0 Å². The monoisotopic (exact) mass is 339 g/mol. The number of rotatable bonds is 4. The molecule has 1 amide bonds. The smallest absolute Gasteiger partial charge is 0.290 e. The first-order chi connectivity index (χ1) is 12.3. The van der Waals surface area contributed by atoms with Gasteiger partial charge in [0.2, 0.25) is 11.7 Å². The summed E-state index contributed by atoms with van der Waals surface area (Å²) < 4.78 is 15.8. The molecule has 0 radical (unpaired) electrons. The van der Waals surface area contributed by atoms with Gasteiger partial charge in [0.25, 0.3) is 5.91 Å².